The van der Waals surface area contributed by atoms with Gasteiger partial charge in [0.05, 0.1) is 6.10 Å². The molecule has 0 saturated heterocycles. The molecule has 2 nitrogen and oxygen atoms in total. The maximum atomic E-state index is 9.93. The SMILES string of the molecule is CC(O)Cn1c(-c2ccc(-c3ccccc3)cc2)cc2ccccc21. The van der Waals surface area contributed by atoms with Crippen molar-refractivity contribution in [1.82, 2.24) is 4.57 Å². The van der Waals surface area contributed by atoms with Crippen LogP contribution in [-0.4, -0.2) is 15.8 Å². The molecular formula is C23H21NO. The summed E-state index contributed by atoms with van der Waals surface area (Å²) in [6, 6.07) is 29.6. The van der Waals surface area contributed by atoms with Crippen molar-refractivity contribution in [3.63, 3.8) is 0 Å². The van der Waals surface area contributed by atoms with Crippen LogP contribution in [0.1, 0.15) is 6.92 Å². The summed E-state index contributed by atoms with van der Waals surface area (Å²) < 4.78 is 2.21. The van der Waals surface area contributed by atoms with Gasteiger partial charge in [-0.25, -0.2) is 0 Å². The Kier molecular flexibility index (Phi) is 4.12. The van der Waals surface area contributed by atoms with Gasteiger partial charge in [0, 0.05) is 23.1 Å². The van der Waals surface area contributed by atoms with Crippen LogP contribution in [0.4, 0.5) is 0 Å². The Balaban J connectivity index is 1.79. The quantitative estimate of drug-likeness (QED) is 0.536. The second-order valence-electron chi connectivity index (χ2n) is 6.49. The van der Waals surface area contributed by atoms with E-state index in [0.29, 0.717) is 6.54 Å². The summed E-state index contributed by atoms with van der Waals surface area (Å²) >= 11 is 0. The van der Waals surface area contributed by atoms with Crippen molar-refractivity contribution in [2.45, 2.75) is 19.6 Å². The fraction of sp³-hybridized carbons (Fsp3) is 0.130. The number of fused-ring (bicyclic) bond motifs is 1. The first-order valence-corrected chi connectivity index (χ1v) is 8.64. The van der Waals surface area contributed by atoms with Crippen LogP contribution in [0.15, 0.2) is 84.9 Å². The number of benzene rings is 3. The molecule has 4 aromatic rings. The van der Waals surface area contributed by atoms with Gasteiger partial charge < -0.3 is 9.67 Å². The molecule has 1 atom stereocenters. The summed E-state index contributed by atoms with van der Waals surface area (Å²) in [5.41, 5.74) is 5.89. The van der Waals surface area contributed by atoms with E-state index in [2.05, 4.69) is 77.4 Å². The molecule has 0 fully saturated rings. The van der Waals surface area contributed by atoms with Crippen LogP contribution in [0, 0.1) is 0 Å². The maximum Gasteiger partial charge on any atom is 0.0691 e. The van der Waals surface area contributed by atoms with Gasteiger partial charge in [-0.15, -0.1) is 0 Å². The number of aromatic nitrogens is 1. The molecule has 1 heterocycles. The largest absolute Gasteiger partial charge is 0.392 e. The molecule has 0 bridgehead atoms. The summed E-state index contributed by atoms with van der Waals surface area (Å²) in [7, 11) is 0. The summed E-state index contributed by atoms with van der Waals surface area (Å²) in [6.45, 7) is 2.42. The average molecular weight is 327 g/mol. The molecule has 0 radical (unpaired) electrons. The number of hydrogen-bond donors (Lipinski definition) is 1. The molecule has 25 heavy (non-hydrogen) atoms. The van der Waals surface area contributed by atoms with Crippen molar-refractivity contribution in [3.8, 4) is 22.4 Å². The van der Waals surface area contributed by atoms with Crippen molar-refractivity contribution in [2.75, 3.05) is 0 Å². The molecule has 4 rings (SSSR count). The molecule has 0 spiro atoms. The Morgan fingerprint density at radius 2 is 1.36 bits per heavy atom. The highest BCUT2D eigenvalue weighted by molar-refractivity contribution is 5.87. The van der Waals surface area contributed by atoms with Crippen molar-refractivity contribution in [2.24, 2.45) is 0 Å². The molecule has 0 aliphatic carbocycles. The first-order valence-electron chi connectivity index (χ1n) is 8.64. The van der Waals surface area contributed by atoms with E-state index in [1.165, 1.54) is 16.5 Å². The third-order valence-corrected chi connectivity index (χ3v) is 4.55. The Hall–Kier alpha value is -2.84. The third kappa shape index (κ3) is 3.09. The van der Waals surface area contributed by atoms with Gasteiger partial charge in [-0.3, -0.25) is 0 Å². The molecule has 0 amide bonds. The van der Waals surface area contributed by atoms with E-state index in [1.807, 2.05) is 19.1 Å². The van der Waals surface area contributed by atoms with Crippen molar-refractivity contribution in [3.05, 3.63) is 84.9 Å². The lowest BCUT2D eigenvalue weighted by Crippen LogP contribution is -2.12. The first kappa shape index (κ1) is 15.7. The summed E-state index contributed by atoms with van der Waals surface area (Å²) in [5.74, 6) is 0. The summed E-state index contributed by atoms with van der Waals surface area (Å²) in [6.07, 6.45) is -0.391. The zero-order chi connectivity index (χ0) is 17.2. The minimum atomic E-state index is -0.391. The molecule has 3 aromatic carbocycles. The normalized spacial score (nSPS) is 12.4. The van der Waals surface area contributed by atoms with Crippen LogP contribution >= 0.6 is 0 Å². The highest BCUT2D eigenvalue weighted by Gasteiger charge is 2.12. The van der Waals surface area contributed by atoms with E-state index in [4.69, 9.17) is 0 Å². The molecule has 0 aliphatic heterocycles. The Bertz CT molecular complexity index is 982. The smallest absolute Gasteiger partial charge is 0.0691 e. The highest BCUT2D eigenvalue weighted by atomic mass is 16.3. The van der Waals surface area contributed by atoms with Gasteiger partial charge in [0.1, 0.15) is 0 Å². The van der Waals surface area contributed by atoms with Crippen LogP contribution in [0.25, 0.3) is 33.3 Å². The predicted molar refractivity (Wildman–Crippen MR) is 104 cm³/mol. The van der Waals surface area contributed by atoms with E-state index < -0.39 is 6.10 Å². The number of para-hydroxylation sites is 1. The number of hydrogen-bond acceptors (Lipinski definition) is 1. The lowest BCUT2D eigenvalue weighted by atomic mass is 10.0. The van der Waals surface area contributed by atoms with Crippen LogP contribution in [0.2, 0.25) is 0 Å². The van der Waals surface area contributed by atoms with Gasteiger partial charge in [-0.05, 0) is 35.7 Å². The Morgan fingerprint density at radius 3 is 2.08 bits per heavy atom. The molecule has 124 valence electrons. The second kappa shape index (κ2) is 6.58. The van der Waals surface area contributed by atoms with Gasteiger partial charge in [0.2, 0.25) is 0 Å². The maximum absolute atomic E-state index is 9.93. The van der Waals surface area contributed by atoms with Gasteiger partial charge in [-0.2, -0.15) is 0 Å². The van der Waals surface area contributed by atoms with E-state index in [-0.39, 0.29) is 0 Å². The highest BCUT2D eigenvalue weighted by Crippen LogP contribution is 2.30. The minimum Gasteiger partial charge on any atom is -0.392 e. The average Bonchev–Trinajstić information content (AvgIpc) is 3.01. The zero-order valence-corrected chi connectivity index (χ0v) is 14.3. The molecule has 1 N–H and O–H groups in total. The molecule has 1 aromatic heterocycles. The predicted octanol–water partition coefficient (Wildman–Crippen LogP) is 5.36. The number of aliphatic hydroxyl groups is 1. The third-order valence-electron chi connectivity index (χ3n) is 4.55. The van der Waals surface area contributed by atoms with Crippen LogP contribution in [-0.2, 0) is 6.54 Å². The van der Waals surface area contributed by atoms with Gasteiger partial charge in [0.15, 0.2) is 0 Å². The lowest BCUT2D eigenvalue weighted by Gasteiger charge is -2.13. The van der Waals surface area contributed by atoms with E-state index >= 15 is 0 Å². The van der Waals surface area contributed by atoms with E-state index in [9.17, 15) is 5.11 Å². The molecule has 0 aliphatic rings. The molecule has 0 saturated carbocycles. The minimum absolute atomic E-state index is 0.391. The van der Waals surface area contributed by atoms with Crippen LogP contribution in [0.5, 0.6) is 0 Å². The summed E-state index contributed by atoms with van der Waals surface area (Å²) in [5, 5.41) is 11.1. The van der Waals surface area contributed by atoms with Gasteiger partial charge in [0.25, 0.3) is 0 Å². The standard InChI is InChI=1S/C23H21NO/c1-17(25)16-24-22-10-6-5-9-21(22)15-23(24)20-13-11-19(12-14-20)18-7-3-2-4-8-18/h2-15,17,25H,16H2,1H3. The Labute approximate surface area is 148 Å². The Morgan fingerprint density at radius 1 is 0.760 bits per heavy atom. The fourth-order valence-corrected chi connectivity index (χ4v) is 3.37. The number of aliphatic hydroxyl groups excluding tert-OH is 1. The first-order chi connectivity index (χ1) is 12.2. The molecule has 2 heteroatoms. The fourth-order valence-electron chi connectivity index (χ4n) is 3.37. The van der Waals surface area contributed by atoms with Gasteiger partial charge in [-0.1, -0.05) is 72.8 Å². The van der Waals surface area contributed by atoms with Crippen molar-refractivity contribution in [1.29, 1.82) is 0 Å². The van der Waals surface area contributed by atoms with Crippen molar-refractivity contribution >= 4 is 10.9 Å². The zero-order valence-electron chi connectivity index (χ0n) is 14.3. The van der Waals surface area contributed by atoms with Gasteiger partial charge >= 0.3 is 0 Å². The molecular weight excluding hydrogens is 306 g/mol. The van der Waals surface area contributed by atoms with Crippen LogP contribution < -0.4 is 0 Å². The van der Waals surface area contributed by atoms with E-state index in [0.717, 1.165) is 16.8 Å². The van der Waals surface area contributed by atoms with Crippen molar-refractivity contribution < 1.29 is 5.11 Å². The topological polar surface area (TPSA) is 25.2 Å². The summed E-state index contributed by atoms with van der Waals surface area (Å²) in [4.78, 5) is 0. The number of rotatable bonds is 4. The number of nitrogens with zero attached hydrogens (tertiary/aromatic N) is 1. The second-order valence-corrected chi connectivity index (χ2v) is 6.49. The monoisotopic (exact) mass is 327 g/mol. The molecule has 1 unspecified atom stereocenters. The van der Waals surface area contributed by atoms with E-state index in [1.54, 1.807) is 0 Å². The lowest BCUT2D eigenvalue weighted by molar-refractivity contribution is 0.176. The van der Waals surface area contributed by atoms with Crippen LogP contribution in [0.3, 0.4) is 0 Å².